The van der Waals surface area contributed by atoms with Crippen LogP contribution in [0, 0.1) is 6.92 Å². The lowest BCUT2D eigenvalue weighted by Gasteiger charge is -2.09. The van der Waals surface area contributed by atoms with Crippen LogP contribution in [0.1, 0.15) is 16.7 Å². The summed E-state index contributed by atoms with van der Waals surface area (Å²) in [6.07, 6.45) is -0.0878. The molecule has 1 aromatic heterocycles. The van der Waals surface area contributed by atoms with Gasteiger partial charge in [0.25, 0.3) is 0 Å². The quantitative estimate of drug-likeness (QED) is 0.687. The number of phenolic OH excluding ortho intramolecular Hbond substituents is 1. The lowest BCUT2D eigenvalue weighted by atomic mass is 10.0. The van der Waals surface area contributed by atoms with E-state index in [0.29, 0.717) is 40.1 Å². The number of carbonyl (C=O) groups excluding carboxylic acids is 1. The molecule has 3 aromatic rings. The topological polar surface area (TPSA) is 98.0 Å². The fourth-order valence-electron chi connectivity index (χ4n) is 3.06. The molecule has 4 rings (SSSR count). The summed E-state index contributed by atoms with van der Waals surface area (Å²) in [6.45, 7) is 2.26. The molecule has 27 heavy (non-hydrogen) atoms. The van der Waals surface area contributed by atoms with Crippen LogP contribution in [0.5, 0.6) is 17.2 Å². The number of rotatable bonds is 4. The molecule has 0 spiro atoms. The maximum atomic E-state index is 12.3. The number of hydrogen-bond acceptors (Lipinski definition) is 6. The second-order valence-corrected chi connectivity index (χ2v) is 6.31. The molecule has 7 heteroatoms. The minimum absolute atomic E-state index is 0.0132. The van der Waals surface area contributed by atoms with Crippen molar-refractivity contribution >= 4 is 16.9 Å². The van der Waals surface area contributed by atoms with Crippen LogP contribution < -0.4 is 20.4 Å². The number of ether oxygens (including phenoxy) is 2. The number of phenols is 1. The summed E-state index contributed by atoms with van der Waals surface area (Å²) < 4.78 is 15.8. The SMILES string of the molecule is Cc1c(CC(=O)NCc2ccc3c(c2)OCO3)c(=O)oc2cc(O)ccc12. The van der Waals surface area contributed by atoms with Crippen LogP contribution in [0.15, 0.2) is 45.6 Å². The molecular formula is C20H17NO6. The first-order valence-corrected chi connectivity index (χ1v) is 8.42. The van der Waals surface area contributed by atoms with E-state index in [4.69, 9.17) is 13.9 Å². The molecule has 138 valence electrons. The van der Waals surface area contributed by atoms with Crippen molar-refractivity contribution in [1.29, 1.82) is 0 Å². The minimum atomic E-state index is -0.580. The number of benzene rings is 2. The fourth-order valence-corrected chi connectivity index (χ4v) is 3.06. The second-order valence-electron chi connectivity index (χ2n) is 6.31. The Morgan fingerprint density at radius 1 is 1.15 bits per heavy atom. The van der Waals surface area contributed by atoms with Crippen molar-refractivity contribution in [1.82, 2.24) is 5.32 Å². The molecule has 0 bridgehead atoms. The largest absolute Gasteiger partial charge is 0.508 e. The third kappa shape index (κ3) is 3.31. The lowest BCUT2D eigenvalue weighted by molar-refractivity contribution is -0.120. The molecular weight excluding hydrogens is 350 g/mol. The minimum Gasteiger partial charge on any atom is -0.508 e. The van der Waals surface area contributed by atoms with Crippen molar-refractivity contribution in [2.75, 3.05) is 6.79 Å². The van der Waals surface area contributed by atoms with E-state index in [2.05, 4.69) is 5.32 Å². The molecule has 0 aliphatic carbocycles. The molecule has 1 amide bonds. The van der Waals surface area contributed by atoms with E-state index >= 15 is 0 Å². The smallest absolute Gasteiger partial charge is 0.340 e. The number of amides is 1. The van der Waals surface area contributed by atoms with Crippen molar-refractivity contribution in [2.45, 2.75) is 19.9 Å². The molecule has 0 unspecified atom stereocenters. The van der Waals surface area contributed by atoms with Gasteiger partial charge in [-0.2, -0.15) is 0 Å². The van der Waals surface area contributed by atoms with Gasteiger partial charge in [0.1, 0.15) is 11.3 Å². The van der Waals surface area contributed by atoms with E-state index in [0.717, 1.165) is 5.56 Å². The molecule has 0 radical (unpaired) electrons. The molecule has 2 aromatic carbocycles. The van der Waals surface area contributed by atoms with Crippen LogP contribution in [0.2, 0.25) is 0 Å². The summed E-state index contributed by atoms with van der Waals surface area (Å²) in [5.74, 6) is 1.05. The van der Waals surface area contributed by atoms with E-state index in [1.165, 1.54) is 12.1 Å². The Morgan fingerprint density at radius 3 is 2.81 bits per heavy atom. The van der Waals surface area contributed by atoms with Gasteiger partial charge in [-0.1, -0.05) is 6.07 Å². The molecule has 7 nitrogen and oxygen atoms in total. The highest BCUT2D eigenvalue weighted by Crippen LogP contribution is 2.32. The monoisotopic (exact) mass is 367 g/mol. The summed E-state index contributed by atoms with van der Waals surface area (Å²) in [7, 11) is 0. The van der Waals surface area contributed by atoms with E-state index in [-0.39, 0.29) is 24.9 Å². The van der Waals surface area contributed by atoms with Gasteiger partial charge >= 0.3 is 5.63 Å². The highest BCUT2D eigenvalue weighted by Gasteiger charge is 2.16. The average molecular weight is 367 g/mol. The molecule has 2 N–H and O–H groups in total. The van der Waals surface area contributed by atoms with E-state index in [1.807, 2.05) is 12.1 Å². The van der Waals surface area contributed by atoms with Gasteiger partial charge in [0.2, 0.25) is 12.7 Å². The van der Waals surface area contributed by atoms with Gasteiger partial charge in [-0.3, -0.25) is 4.79 Å². The molecule has 0 fully saturated rings. The molecule has 1 aliphatic rings. The van der Waals surface area contributed by atoms with Gasteiger partial charge in [0.05, 0.1) is 12.0 Å². The van der Waals surface area contributed by atoms with Crippen molar-refractivity contribution in [3.05, 3.63) is 63.5 Å². The molecule has 0 atom stereocenters. The van der Waals surface area contributed by atoms with Gasteiger partial charge in [0.15, 0.2) is 11.5 Å². The summed E-state index contributed by atoms with van der Waals surface area (Å²) in [4.78, 5) is 24.6. The first kappa shape index (κ1) is 17.0. The maximum absolute atomic E-state index is 12.3. The third-order valence-electron chi connectivity index (χ3n) is 4.53. The zero-order valence-corrected chi connectivity index (χ0v) is 14.6. The Morgan fingerprint density at radius 2 is 1.96 bits per heavy atom. The van der Waals surface area contributed by atoms with Crippen LogP contribution in [0.4, 0.5) is 0 Å². The number of nitrogens with one attached hydrogen (secondary N) is 1. The molecule has 2 heterocycles. The van der Waals surface area contributed by atoms with Crippen LogP contribution >= 0.6 is 0 Å². The van der Waals surface area contributed by atoms with Crippen molar-refractivity contribution in [2.24, 2.45) is 0 Å². The number of aromatic hydroxyl groups is 1. The number of carbonyl (C=O) groups is 1. The highest BCUT2D eigenvalue weighted by molar-refractivity contribution is 5.85. The van der Waals surface area contributed by atoms with Crippen LogP contribution in [0.25, 0.3) is 11.0 Å². The predicted octanol–water partition coefficient (Wildman–Crippen LogP) is 2.39. The predicted molar refractivity (Wildman–Crippen MR) is 97.0 cm³/mol. The van der Waals surface area contributed by atoms with Gasteiger partial charge in [-0.25, -0.2) is 4.79 Å². The summed E-state index contributed by atoms with van der Waals surface area (Å²) in [5, 5.41) is 13.0. The van der Waals surface area contributed by atoms with Gasteiger partial charge in [-0.05, 0) is 42.3 Å². The van der Waals surface area contributed by atoms with Crippen molar-refractivity contribution in [3.8, 4) is 17.2 Å². The average Bonchev–Trinajstić information content (AvgIpc) is 3.11. The van der Waals surface area contributed by atoms with Crippen LogP contribution in [0.3, 0.4) is 0 Å². The summed E-state index contributed by atoms with van der Waals surface area (Å²) in [6, 6.07) is 10.0. The zero-order chi connectivity index (χ0) is 19.0. The van der Waals surface area contributed by atoms with Gasteiger partial charge in [0, 0.05) is 18.0 Å². The maximum Gasteiger partial charge on any atom is 0.340 e. The molecule has 0 saturated carbocycles. The standard InChI is InChI=1S/C20H17NO6/c1-11-14-4-3-13(22)7-17(14)27-20(24)15(11)8-19(23)21-9-12-2-5-16-18(6-12)26-10-25-16/h2-7,22H,8-10H2,1H3,(H,21,23). The normalized spacial score (nSPS) is 12.3. The van der Waals surface area contributed by atoms with E-state index in [9.17, 15) is 14.7 Å². The number of hydrogen-bond donors (Lipinski definition) is 2. The van der Waals surface area contributed by atoms with Crippen LogP contribution in [-0.2, 0) is 17.8 Å². The first-order valence-electron chi connectivity index (χ1n) is 8.42. The Labute approximate surface area is 154 Å². The Hall–Kier alpha value is -3.48. The summed E-state index contributed by atoms with van der Waals surface area (Å²) in [5.41, 5.74) is 1.55. The van der Waals surface area contributed by atoms with Gasteiger partial charge < -0.3 is 24.3 Å². The molecule has 0 saturated heterocycles. The Balaban J connectivity index is 1.49. The van der Waals surface area contributed by atoms with E-state index < -0.39 is 5.63 Å². The summed E-state index contributed by atoms with van der Waals surface area (Å²) >= 11 is 0. The third-order valence-corrected chi connectivity index (χ3v) is 4.53. The Bertz CT molecular complexity index is 1100. The van der Waals surface area contributed by atoms with Crippen LogP contribution in [-0.4, -0.2) is 17.8 Å². The number of fused-ring (bicyclic) bond motifs is 2. The van der Waals surface area contributed by atoms with Crippen molar-refractivity contribution in [3.63, 3.8) is 0 Å². The van der Waals surface area contributed by atoms with E-state index in [1.54, 1.807) is 19.1 Å². The van der Waals surface area contributed by atoms with Gasteiger partial charge in [-0.15, -0.1) is 0 Å². The van der Waals surface area contributed by atoms with Crippen molar-refractivity contribution < 1.29 is 23.8 Å². The fraction of sp³-hybridized carbons (Fsp3) is 0.200. The Kier molecular flexibility index (Phi) is 4.19. The second kappa shape index (κ2) is 6.68. The zero-order valence-electron chi connectivity index (χ0n) is 14.6. The number of aryl methyl sites for hydroxylation is 1. The lowest BCUT2D eigenvalue weighted by Crippen LogP contribution is -2.27. The first-order chi connectivity index (χ1) is 13.0. The molecule has 1 aliphatic heterocycles. The highest BCUT2D eigenvalue weighted by atomic mass is 16.7.